The molecule has 0 heterocycles. The number of ether oxygens (including phenoxy) is 1. The Morgan fingerprint density at radius 2 is 1.86 bits per heavy atom. The monoisotopic (exact) mass is 221 g/mol. The standard InChI is InChI=1S/C7H9NO.H2O4S/c1-9-7-4-2-3-6(8)5-7;1-5(2,3)4/h2-5H,8H2,1H3;(H2,1,2,3,4). The van der Waals surface area contributed by atoms with E-state index in [1.54, 1.807) is 13.2 Å². The summed E-state index contributed by atoms with van der Waals surface area (Å²) in [7, 11) is -3.05. The summed E-state index contributed by atoms with van der Waals surface area (Å²) in [5, 5.41) is 0. The summed E-state index contributed by atoms with van der Waals surface area (Å²) in [6.07, 6.45) is 0. The van der Waals surface area contributed by atoms with Crippen LogP contribution in [0.2, 0.25) is 0 Å². The molecule has 80 valence electrons. The smallest absolute Gasteiger partial charge is 0.394 e. The third-order valence-corrected chi connectivity index (χ3v) is 1.09. The summed E-state index contributed by atoms with van der Waals surface area (Å²) in [5.41, 5.74) is 6.19. The molecule has 0 aliphatic heterocycles. The molecule has 0 unspecified atom stereocenters. The lowest BCUT2D eigenvalue weighted by molar-refractivity contribution is 0.381. The van der Waals surface area contributed by atoms with Crippen LogP contribution in [0.5, 0.6) is 5.75 Å². The van der Waals surface area contributed by atoms with E-state index >= 15 is 0 Å². The molecule has 4 N–H and O–H groups in total. The Morgan fingerprint density at radius 1 is 1.36 bits per heavy atom. The van der Waals surface area contributed by atoms with Gasteiger partial charge in [0, 0.05) is 11.8 Å². The molecule has 7 heteroatoms. The van der Waals surface area contributed by atoms with E-state index in [9.17, 15) is 0 Å². The molecule has 0 spiro atoms. The van der Waals surface area contributed by atoms with Gasteiger partial charge in [0.15, 0.2) is 0 Å². The van der Waals surface area contributed by atoms with Crippen molar-refractivity contribution >= 4 is 16.1 Å². The van der Waals surface area contributed by atoms with Crippen LogP contribution in [0, 0.1) is 0 Å². The second-order valence-corrected chi connectivity index (χ2v) is 3.12. The summed E-state index contributed by atoms with van der Waals surface area (Å²) in [5.74, 6) is 0.801. The fourth-order valence-electron chi connectivity index (χ4n) is 0.642. The normalized spacial score (nSPS) is 9.93. The van der Waals surface area contributed by atoms with E-state index in [1.807, 2.05) is 18.2 Å². The van der Waals surface area contributed by atoms with E-state index in [2.05, 4.69) is 0 Å². The van der Waals surface area contributed by atoms with E-state index < -0.39 is 10.4 Å². The van der Waals surface area contributed by atoms with Gasteiger partial charge < -0.3 is 10.5 Å². The van der Waals surface area contributed by atoms with E-state index in [1.165, 1.54) is 0 Å². The lowest BCUT2D eigenvalue weighted by Crippen LogP contribution is -1.89. The molecule has 0 atom stereocenters. The predicted octanol–water partition coefficient (Wildman–Crippen LogP) is 0.625. The molecule has 14 heavy (non-hydrogen) atoms. The van der Waals surface area contributed by atoms with Crippen molar-refractivity contribution in [3.05, 3.63) is 24.3 Å². The van der Waals surface area contributed by atoms with Crippen molar-refractivity contribution in [2.75, 3.05) is 12.8 Å². The Morgan fingerprint density at radius 3 is 2.14 bits per heavy atom. The number of nitrogens with two attached hydrogens (primary N) is 1. The van der Waals surface area contributed by atoms with Gasteiger partial charge >= 0.3 is 10.4 Å². The minimum Gasteiger partial charge on any atom is -0.497 e. The van der Waals surface area contributed by atoms with Crippen molar-refractivity contribution in [1.29, 1.82) is 0 Å². The first-order valence-corrected chi connectivity index (χ1v) is 4.82. The van der Waals surface area contributed by atoms with Crippen molar-refractivity contribution < 1.29 is 22.3 Å². The molecule has 0 amide bonds. The number of hydrogen-bond donors (Lipinski definition) is 3. The first kappa shape index (κ1) is 12.7. The number of methoxy groups -OCH3 is 1. The van der Waals surface area contributed by atoms with Crippen LogP contribution < -0.4 is 10.5 Å². The van der Waals surface area contributed by atoms with Gasteiger partial charge in [-0.15, -0.1) is 0 Å². The Bertz CT molecular complexity index is 367. The highest BCUT2D eigenvalue weighted by molar-refractivity contribution is 7.79. The lowest BCUT2D eigenvalue weighted by Gasteiger charge is -1.97. The largest absolute Gasteiger partial charge is 0.497 e. The van der Waals surface area contributed by atoms with Gasteiger partial charge in [-0.2, -0.15) is 8.42 Å². The third kappa shape index (κ3) is 8.78. The molecular formula is C7H11NO5S. The van der Waals surface area contributed by atoms with Crippen LogP contribution in [-0.4, -0.2) is 24.6 Å². The molecule has 0 aliphatic rings. The van der Waals surface area contributed by atoms with Crippen molar-refractivity contribution in [3.63, 3.8) is 0 Å². The molecule has 0 saturated carbocycles. The fraction of sp³-hybridized carbons (Fsp3) is 0.143. The minimum absolute atomic E-state index is 0.731. The highest BCUT2D eigenvalue weighted by Crippen LogP contribution is 2.12. The average molecular weight is 221 g/mol. The third-order valence-electron chi connectivity index (χ3n) is 1.09. The molecule has 0 radical (unpaired) electrons. The summed E-state index contributed by atoms with van der Waals surface area (Å²) < 4.78 is 36.5. The molecule has 0 fully saturated rings. The minimum atomic E-state index is -4.67. The Balaban J connectivity index is 0.000000292. The van der Waals surface area contributed by atoms with Gasteiger partial charge in [0.1, 0.15) is 5.75 Å². The van der Waals surface area contributed by atoms with Gasteiger partial charge in [-0.3, -0.25) is 9.11 Å². The quantitative estimate of drug-likeness (QED) is 0.473. The van der Waals surface area contributed by atoms with Gasteiger partial charge in [0.05, 0.1) is 7.11 Å². The van der Waals surface area contributed by atoms with Crippen molar-refractivity contribution in [2.45, 2.75) is 0 Å². The summed E-state index contributed by atoms with van der Waals surface area (Å²) in [6, 6.07) is 7.31. The second-order valence-electron chi connectivity index (χ2n) is 2.22. The SMILES string of the molecule is COc1cccc(N)c1.O=S(=O)(O)O. The molecule has 1 aromatic carbocycles. The van der Waals surface area contributed by atoms with Crippen LogP contribution in [0.4, 0.5) is 5.69 Å². The highest BCUT2D eigenvalue weighted by atomic mass is 32.3. The number of nitrogen functional groups attached to an aromatic ring is 1. The maximum atomic E-state index is 8.74. The number of rotatable bonds is 1. The van der Waals surface area contributed by atoms with Crippen LogP contribution >= 0.6 is 0 Å². The van der Waals surface area contributed by atoms with Gasteiger partial charge in [0.25, 0.3) is 0 Å². The first-order chi connectivity index (χ1) is 6.33. The predicted molar refractivity (Wildman–Crippen MR) is 51.6 cm³/mol. The molecule has 1 rings (SSSR count). The maximum absolute atomic E-state index is 8.74. The molecule has 6 nitrogen and oxygen atoms in total. The van der Waals surface area contributed by atoms with Crippen molar-refractivity contribution in [3.8, 4) is 5.75 Å². The van der Waals surface area contributed by atoms with Gasteiger partial charge in [0.2, 0.25) is 0 Å². The van der Waals surface area contributed by atoms with Crippen molar-refractivity contribution in [1.82, 2.24) is 0 Å². The van der Waals surface area contributed by atoms with Crippen molar-refractivity contribution in [2.24, 2.45) is 0 Å². The first-order valence-electron chi connectivity index (χ1n) is 3.42. The van der Waals surface area contributed by atoms with Crippen LogP contribution in [0.15, 0.2) is 24.3 Å². The van der Waals surface area contributed by atoms with E-state index in [-0.39, 0.29) is 0 Å². The highest BCUT2D eigenvalue weighted by Gasteiger charge is 1.87. The Kier molecular flexibility index (Phi) is 4.92. The van der Waals surface area contributed by atoms with Crippen LogP contribution in [0.25, 0.3) is 0 Å². The molecule has 0 aliphatic carbocycles. The van der Waals surface area contributed by atoms with Crippen LogP contribution in [0.1, 0.15) is 0 Å². The zero-order valence-corrected chi connectivity index (χ0v) is 8.23. The molecule has 1 aromatic rings. The average Bonchev–Trinajstić information content (AvgIpc) is 2.01. The Labute approximate surface area is 81.9 Å². The Hall–Kier alpha value is -1.31. The second kappa shape index (κ2) is 5.43. The van der Waals surface area contributed by atoms with E-state index in [4.69, 9.17) is 28.0 Å². The molecule has 0 bridgehead atoms. The zero-order chi connectivity index (χ0) is 11.2. The lowest BCUT2D eigenvalue weighted by atomic mass is 10.3. The van der Waals surface area contributed by atoms with Crippen LogP contribution in [0.3, 0.4) is 0 Å². The molecule has 0 aromatic heterocycles. The van der Waals surface area contributed by atoms with E-state index in [0.717, 1.165) is 11.4 Å². The van der Waals surface area contributed by atoms with E-state index in [0.29, 0.717) is 0 Å². The number of hydrogen-bond acceptors (Lipinski definition) is 4. The summed E-state index contributed by atoms with van der Waals surface area (Å²) in [4.78, 5) is 0. The number of anilines is 1. The number of benzene rings is 1. The summed E-state index contributed by atoms with van der Waals surface area (Å²) in [6.45, 7) is 0. The zero-order valence-electron chi connectivity index (χ0n) is 7.41. The fourth-order valence-corrected chi connectivity index (χ4v) is 0.642. The van der Waals surface area contributed by atoms with Crippen LogP contribution in [-0.2, 0) is 10.4 Å². The maximum Gasteiger partial charge on any atom is 0.394 e. The molecular weight excluding hydrogens is 210 g/mol. The molecule has 0 saturated heterocycles. The van der Waals surface area contributed by atoms with Gasteiger partial charge in [-0.25, -0.2) is 0 Å². The van der Waals surface area contributed by atoms with Gasteiger partial charge in [-0.05, 0) is 12.1 Å². The topological polar surface area (TPSA) is 110 Å². The summed E-state index contributed by atoms with van der Waals surface area (Å²) >= 11 is 0. The van der Waals surface area contributed by atoms with Gasteiger partial charge in [-0.1, -0.05) is 6.07 Å².